The van der Waals surface area contributed by atoms with Crippen LogP contribution >= 0.6 is 11.3 Å². The molecule has 1 atom stereocenters. The summed E-state index contributed by atoms with van der Waals surface area (Å²) in [5.74, 6) is 1.19. The second-order valence-corrected chi connectivity index (χ2v) is 7.43. The lowest BCUT2D eigenvalue weighted by molar-refractivity contribution is 0.114. The normalized spacial score (nSPS) is 17.4. The first-order valence-corrected chi connectivity index (χ1v) is 9.21. The SMILES string of the molecule is CN(Cc1nc(-c2cccnc2)no1)Cc1ccc([C@H]2CCCO2)s1. The predicted molar refractivity (Wildman–Crippen MR) is 94.9 cm³/mol. The number of hydrogen-bond acceptors (Lipinski definition) is 7. The molecule has 0 saturated carbocycles. The Labute approximate surface area is 150 Å². The highest BCUT2D eigenvalue weighted by molar-refractivity contribution is 7.12. The van der Waals surface area contributed by atoms with E-state index in [1.165, 1.54) is 9.75 Å². The number of nitrogens with zero attached hydrogens (tertiary/aromatic N) is 4. The molecule has 1 aliphatic rings. The molecule has 6 nitrogen and oxygen atoms in total. The molecular weight excluding hydrogens is 336 g/mol. The van der Waals surface area contributed by atoms with Crippen molar-refractivity contribution in [3.05, 3.63) is 52.3 Å². The minimum absolute atomic E-state index is 0.294. The van der Waals surface area contributed by atoms with Crippen LogP contribution in [-0.4, -0.2) is 33.7 Å². The van der Waals surface area contributed by atoms with Crippen LogP contribution in [0.2, 0.25) is 0 Å². The molecule has 25 heavy (non-hydrogen) atoms. The third-order valence-electron chi connectivity index (χ3n) is 4.15. The summed E-state index contributed by atoms with van der Waals surface area (Å²) in [7, 11) is 2.05. The van der Waals surface area contributed by atoms with Crippen LogP contribution in [0.3, 0.4) is 0 Å². The molecule has 3 aromatic rings. The van der Waals surface area contributed by atoms with Gasteiger partial charge in [0.1, 0.15) is 0 Å². The van der Waals surface area contributed by atoms with Crippen molar-refractivity contribution in [1.82, 2.24) is 20.0 Å². The second-order valence-electron chi connectivity index (χ2n) is 6.23. The van der Waals surface area contributed by atoms with Crippen molar-refractivity contribution < 1.29 is 9.26 Å². The monoisotopic (exact) mass is 356 g/mol. The molecule has 7 heteroatoms. The Bertz CT molecular complexity index is 811. The lowest BCUT2D eigenvalue weighted by atomic mass is 10.2. The minimum Gasteiger partial charge on any atom is -0.373 e. The van der Waals surface area contributed by atoms with Crippen LogP contribution in [0.4, 0.5) is 0 Å². The van der Waals surface area contributed by atoms with E-state index in [0.29, 0.717) is 24.4 Å². The molecule has 0 amide bonds. The molecule has 1 saturated heterocycles. The molecule has 4 heterocycles. The summed E-state index contributed by atoms with van der Waals surface area (Å²) >= 11 is 1.83. The van der Waals surface area contributed by atoms with Gasteiger partial charge in [0.15, 0.2) is 0 Å². The Morgan fingerprint density at radius 1 is 1.28 bits per heavy atom. The Morgan fingerprint density at radius 2 is 2.24 bits per heavy atom. The molecular formula is C18H20N4O2S. The van der Waals surface area contributed by atoms with E-state index >= 15 is 0 Å². The Hall–Kier alpha value is -2.09. The number of ether oxygens (including phenoxy) is 1. The number of pyridine rings is 1. The first-order chi connectivity index (χ1) is 12.3. The van der Waals surface area contributed by atoms with Gasteiger partial charge < -0.3 is 9.26 Å². The number of aromatic nitrogens is 3. The van der Waals surface area contributed by atoms with E-state index in [9.17, 15) is 0 Å². The summed E-state index contributed by atoms with van der Waals surface area (Å²) in [6.45, 7) is 2.34. The summed E-state index contributed by atoms with van der Waals surface area (Å²) < 4.78 is 11.1. The van der Waals surface area contributed by atoms with Gasteiger partial charge in [-0.3, -0.25) is 9.88 Å². The third-order valence-corrected chi connectivity index (χ3v) is 5.31. The fourth-order valence-electron chi connectivity index (χ4n) is 2.94. The Kier molecular flexibility index (Phi) is 4.87. The average molecular weight is 356 g/mol. The zero-order chi connectivity index (χ0) is 17.1. The van der Waals surface area contributed by atoms with E-state index in [0.717, 1.165) is 31.6 Å². The molecule has 0 spiro atoms. The largest absolute Gasteiger partial charge is 0.373 e. The van der Waals surface area contributed by atoms with E-state index in [-0.39, 0.29) is 0 Å². The summed E-state index contributed by atoms with van der Waals surface area (Å²) in [5, 5.41) is 4.04. The van der Waals surface area contributed by atoms with Crippen LogP contribution in [0.5, 0.6) is 0 Å². The zero-order valence-corrected chi connectivity index (χ0v) is 14.9. The zero-order valence-electron chi connectivity index (χ0n) is 14.1. The number of rotatable bonds is 6. The summed E-state index contributed by atoms with van der Waals surface area (Å²) in [4.78, 5) is 13.4. The van der Waals surface area contributed by atoms with Gasteiger partial charge in [0.25, 0.3) is 0 Å². The molecule has 0 aliphatic carbocycles. The highest BCUT2D eigenvalue weighted by Gasteiger charge is 2.20. The van der Waals surface area contributed by atoms with Crippen LogP contribution in [0, 0.1) is 0 Å². The lowest BCUT2D eigenvalue weighted by Crippen LogP contribution is -2.16. The van der Waals surface area contributed by atoms with Crippen molar-refractivity contribution in [3.8, 4) is 11.4 Å². The van der Waals surface area contributed by atoms with Crippen molar-refractivity contribution in [2.24, 2.45) is 0 Å². The van der Waals surface area contributed by atoms with Crippen molar-refractivity contribution in [3.63, 3.8) is 0 Å². The molecule has 1 fully saturated rings. The van der Waals surface area contributed by atoms with E-state index < -0.39 is 0 Å². The molecule has 4 rings (SSSR count). The molecule has 0 N–H and O–H groups in total. The van der Waals surface area contributed by atoms with Crippen LogP contribution < -0.4 is 0 Å². The van der Waals surface area contributed by atoms with Gasteiger partial charge in [-0.05, 0) is 44.2 Å². The highest BCUT2D eigenvalue weighted by atomic mass is 32.1. The van der Waals surface area contributed by atoms with Crippen LogP contribution in [-0.2, 0) is 17.8 Å². The average Bonchev–Trinajstić information content (AvgIpc) is 3.37. The van der Waals surface area contributed by atoms with Gasteiger partial charge in [-0.2, -0.15) is 4.98 Å². The van der Waals surface area contributed by atoms with E-state index in [2.05, 4.69) is 39.2 Å². The Morgan fingerprint density at radius 3 is 3.04 bits per heavy atom. The predicted octanol–water partition coefficient (Wildman–Crippen LogP) is 3.68. The van der Waals surface area contributed by atoms with Crippen molar-refractivity contribution >= 4 is 11.3 Å². The van der Waals surface area contributed by atoms with Crippen LogP contribution in [0.25, 0.3) is 11.4 Å². The second kappa shape index (κ2) is 7.43. The van der Waals surface area contributed by atoms with Gasteiger partial charge in [0.2, 0.25) is 11.7 Å². The molecule has 0 radical (unpaired) electrons. The summed E-state index contributed by atoms with van der Waals surface area (Å²) in [6, 6.07) is 8.16. The van der Waals surface area contributed by atoms with Crippen LogP contribution in [0.1, 0.15) is 34.6 Å². The fraction of sp³-hybridized carbons (Fsp3) is 0.389. The van der Waals surface area contributed by atoms with Gasteiger partial charge in [0, 0.05) is 40.9 Å². The van der Waals surface area contributed by atoms with Gasteiger partial charge in [-0.1, -0.05) is 5.16 Å². The molecule has 130 valence electrons. The van der Waals surface area contributed by atoms with E-state index in [1.807, 2.05) is 23.5 Å². The first-order valence-electron chi connectivity index (χ1n) is 8.39. The lowest BCUT2D eigenvalue weighted by Gasteiger charge is -2.12. The van der Waals surface area contributed by atoms with E-state index in [4.69, 9.17) is 9.26 Å². The standard InChI is InChI=1S/C18H20N4O2S/c1-22(11-14-6-7-16(25-14)15-5-3-9-23-15)12-17-20-18(21-24-17)13-4-2-8-19-10-13/h2,4,6-8,10,15H,3,5,9,11-12H2,1H3/t15-/m1/s1. The molecule has 1 aliphatic heterocycles. The number of hydrogen-bond donors (Lipinski definition) is 0. The highest BCUT2D eigenvalue weighted by Crippen LogP contribution is 2.33. The topological polar surface area (TPSA) is 64.3 Å². The van der Waals surface area contributed by atoms with Crippen molar-refractivity contribution in [2.75, 3.05) is 13.7 Å². The fourth-order valence-corrected chi connectivity index (χ4v) is 4.12. The summed E-state index contributed by atoms with van der Waals surface area (Å²) in [6.07, 6.45) is 6.05. The van der Waals surface area contributed by atoms with Gasteiger partial charge in [-0.15, -0.1) is 11.3 Å². The molecule has 3 aromatic heterocycles. The van der Waals surface area contributed by atoms with Crippen molar-refractivity contribution in [1.29, 1.82) is 0 Å². The summed E-state index contributed by atoms with van der Waals surface area (Å²) in [5.41, 5.74) is 0.861. The van der Waals surface area contributed by atoms with Gasteiger partial charge in [-0.25, -0.2) is 0 Å². The smallest absolute Gasteiger partial charge is 0.241 e. The molecule has 0 unspecified atom stereocenters. The minimum atomic E-state index is 0.294. The molecule has 0 aromatic carbocycles. The molecule has 0 bridgehead atoms. The number of thiophene rings is 1. The van der Waals surface area contributed by atoms with Crippen molar-refractivity contribution in [2.45, 2.75) is 32.0 Å². The first kappa shape index (κ1) is 16.4. The van der Waals surface area contributed by atoms with Gasteiger partial charge in [0.05, 0.1) is 12.6 Å². The maximum atomic E-state index is 5.76. The van der Waals surface area contributed by atoms with Crippen LogP contribution in [0.15, 0.2) is 41.2 Å². The third kappa shape index (κ3) is 3.95. The van der Waals surface area contributed by atoms with E-state index in [1.54, 1.807) is 12.4 Å². The Balaban J connectivity index is 1.36. The maximum Gasteiger partial charge on any atom is 0.241 e. The maximum absolute atomic E-state index is 5.76. The van der Waals surface area contributed by atoms with Gasteiger partial charge >= 0.3 is 0 Å². The quantitative estimate of drug-likeness (QED) is 0.671.